The van der Waals surface area contributed by atoms with Crippen LogP contribution in [-0.4, -0.2) is 27.3 Å². The first-order chi connectivity index (χ1) is 11.4. The summed E-state index contributed by atoms with van der Waals surface area (Å²) in [6.07, 6.45) is 0. The highest BCUT2D eigenvalue weighted by atomic mass is 35.5. The van der Waals surface area contributed by atoms with E-state index in [0.29, 0.717) is 5.75 Å². The standard InChI is InChI=1S/C14H14ClF2NO3S3/c15-12-8-11(3-4-13(12)21-14(16)17)24(19,20)18-5-7-22-9-10-2-1-6-23-10/h1-4,6,8,14,18H,5,7,9H2. The van der Waals surface area contributed by atoms with E-state index in [-0.39, 0.29) is 22.2 Å². The lowest BCUT2D eigenvalue weighted by Gasteiger charge is -2.10. The van der Waals surface area contributed by atoms with Crippen LogP contribution in [0.15, 0.2) is 40.6 Å². The molecule has 0 aliphatic rings. The second-order valence-electron chi connectivity index (χ2n) is 4.50. The second kappa shape index (κ2) is 9.00. The Morgan fingerprint density at radius 1 is 1.33 bits per heavy atom. The molecule has 0 atom stereocenters. The lowest BCUT2D eigenvalue weighted by atomic mass is 10.3. The summed E-state index contributed by atoms with van der Waals surface area (Å²) >= 11 is 9.03. The Kier molecular flexibility index (Phi) is 7.30. The number of sulfonamides is 1. The number of thioether (sulfide) groups is 1. The molecule has 0 aliphatic heterocycles. The van der Waals surface area contributed by atoms with Crippen molar-refractivity contribution in [3.05, 3.63) is 45.6 Å². The topological polar surface area (TPSA) is 55.4 Å². The van der Waals surface area contributed by atoms with Gasteiger partial charge in [-0.3, -0.25) is 0 Å². The van der Waals surface area contributed by atoms with E-state index in [1.807, 2.05) is 17.5 Å². The van der Waals surface area contributed by atoms with Gasteiger partial charge in [0.1, 0.15) is 5.75 Å². The fraction of sp³-hybridized carbons (Fsp3) is 0.286. The molecule has 0 spiro atoms. The Morgan fingerprint density at radius 2 is 2.12 bits per heavy atom. The van der Waals surface area contributed by atoms with Crippen molar-refractivity contribution < 1.29 is 21.9 Å². The van der Waals surface area contributed by atoms with Crippen LogP contribution in [0.4, 0.5) is 8.78 Å². The van der Waals surface area contributed by atoms with Crippen molar-refractivity contribution >= 4 is 44.7 Å². The number of halogens is 3. The highest BCUT2D eigenvalue weighted by molar-refractivity contribution is 7.98. The molecule has 0 bridgehead atoms. The molecule has 0 aliphatic carbocycles. The first-order valence-corrected chi connectivity index (χ1v) is 10.6. The molecule has 0 fully saturated rings. The Morgan fingerprint density at radius 3 is 2.75 bits per heavy atom. The van der Waals surface area contributed by atoms with Gasteiger partial charge in [-0.25, -0.2) is 13.1 Å². The molecule has 0 unspecified atom stereocenters. The third-order valence-corrected chi connectivity index (χ3v) is 6.61. The lowest BCUT2D eigenvalue weighted by molar-refractivity contribution is -0.0498. The molecule has 0 saturated carbocycles. The summed E-state index contributed by atoms with van der Waals surface area (Å²) in [4.78, 5) is 1.13. The van der Waals surface area contributed by atoms with E-state index >= 15 is 0 Å². The van der Waals surface area contributed by atoms with Crippen molar-refractivity contribution in [3.8, 4) is 5.75 Å². The van der Waals surface area contributed by atoms with Crippen LogP contribution in [-0.2, 0) is 15.8 Å². The summed E-state index contributed by atoms with van der Waals surface area (Å²) < 4.78 is 55.2. The van der Waals surface area contributed by atoms with Crippen LogP contribution >= 0.6 is 34.7 Å². The van der Waals surface area contributed by atoms with Crippen molar-refractivity contribution in [3.63, 3.8) is 0 Å². The lowest BCUT2D eigenvalue weighted by Crippen LogP contribution is -2.26. The van der Waals surface area contributed by atoms with E-state index in [0.717, 1.165) is 17.9 Å². The van der Waals surface area contributed by atoms with Gasteiger partial charge in [0.25, 0.3) is 0 Å². The summed E-state index contributed by atoms with van der Waals surface area (Å²) in [6, 6.07) is 7.35. The Balaban J connectivity index is 1.86. The molecule has 2 rings (SSSR count). The highest BCUT2D eigenvalue weighted by Crippen LogP contribution is 2.28. The van der Waals surface area contributed by atoms with E-state index in [4.69, 9.17) is 11.6 Å². The maximum Gasteiger partial charge on any atom is 0.387 e. The number of benzene rings is 1. The van der Waals surface area contributed by atoms with Gasteiger partial charge in [0.2, 0.25) is 10.0 Å². The smallest absolute Gasteiger partial charge is 0.387 e. The van der Waals surface area contributed by atoms with E-state index in [9.17, 15) is 17.2 Å². The molecule has 1 heterocycles. The summed E-state index contributed by atoms with van der Waals surface area (Å²) in [5.41, 5.74) is 0. The van der Waals surface area contributed by atoms with Gasteiger partial charge < -0.3 is 4.74 Å². The number of ether oxygens (including phenoxy) is 1. The van der Waals surface area contributed by atoms with Crippen LogP contribution in [0.1, 0.15) is 4.88 Å². The molecule has 132 valence electrons. The van der Waals surface area contributed by atoms with E-state index in [1.54, 1.807) is 23.1 Å². The van der Waals surface area contributed by atoms with E-state index < -0.39 is 16.6 Å². The zero-order valence-electron chi connectivity index (χ0n) is 12.2. The predicted octanol–water partition coefficient (Wildman–Crippen LogP) is 4.21. The molecule has 24 heavy (non-hydrogen) atoms. The van der Waals surface area contributed by atoms with Gasteiger partial charge in [0.05, 0.1) is 9.92 Å². The zero-order chi connectivity index (χ0) is 17.6. The monoisotopic (exact) mass is 413 g/mol. The Hall–Kier alpha value is -0.870. The molecule has 10 heteroatoms. The summed E-state index contributed by atoms with van der Waals surface area (Å²) in [5.74, 6) is 1.17. The molecule has 0 amide bonds. The van der Waals surface area contributed by atoms with Gasteiger partial charge in [0, 0.05) is 22.9 Å². The number of hydrogen-bond acceptors (Lipinski definition) is 5. The average molecular weight is 414 g/mol. The second-order valence-corrected chi connectivity index (χ2v) is 8.81. The fourth-order valence-corrected chi connectivity index (χ4v) is 4.92. The van der Waals surface area contributed by atoms with Gasteiger partial charge in [-0.2, -0.15) is 20.5 Å². The maximum absolute atomic E-state index is 12.2. The molecule has 1 aromatic carbocycles. The molecular weight excluding hydrogens is 400 g/mol. The predicted molar refractivity (Wildman–Crippen MR) is 93.8 cm³/mol. The van der Waals surface area contributed by atoms with E-state index in [1.165, 1.54) is 10.9 Å². The third-order valence-electron chi connectivity index (χ3n) is 2.79. The zero-order valence-corrected chi connectivity index (χ0v) is 15.5. The average Bonchev–Trinajstić information content (AvgIpc) is 3.01. The Labute approximate surface area is 152 Å². The van der Waals surface area contributed by atoms with Crippen molar-refractivity contribution in [2.24, 2.45) is 0 Å². The number of hydrogen-bond donors (Lipinski definition) is 1. The minimum Gasteiger partial charge on any atom is -0.433 e. The van der Waals surface area contributed by atoms with Crippen molar-refractivity contribution in [1.82, 2.24) is 4.72 Å². The maximum atomic E-state index is 12.2. The molecule has 1 aromatic heterocycles. The third kappa shape index (κ3) is 5.89. The van der Waals surface area contributed by atoms with Crippen molar-refractivity contribution in [1.29, 1.82) is 0 Å². The van der Waals surface area contributed by atoms with Crippen molar-refractivity contribution in [2.45, 2.75) is 17.3 Å². The van der Waals surface area contributed by atoms with Crippen LogP contribution in [0, 0.1) is 0 Å². The minimum absolute atomic E-state index is 0.0997. The molecular formula is C14H14ClF2NO3S3. The highest BCUT2D eigenvalue weighted by Gasteiger charge is 2.17. The summed E-state index contributed by atoms with van der Waals surface area (Å²) in [7, 11) is -3.75. The van der Waals surface area contributed by atoms with Gasteiger partial charge in [-0.1, -0.05) is 17.7 Å². The van der Waals surface area contributed by atoms with Gasteiger partial charge in [-0.15, -0.1) is 11.3 Å². The van der Waals surface area contributed by atoms with Crippen LogP contribution in [0.25, 0.3) is 0 Å². The van der Waals surface area contributed by atoms with Crippen LogP contribution in [0.2, 0.25) is 5.02 Å². The van der Waals surface area contributed by atoms with Gasteiger partial charge in [-0.05, 0) is 29.6 Å². The molecule has 1 N–H and O–H groups in total. The molecule has 0 saturated heterocycles. The number of thiophene rings is 1. The number of rotatable bonds is 9. The van der Waals surface area contributed by atoms with Crippen molar-refractivity contribution in [2.75, 3.05) is 12.3 Å². The quantitative estimate of drug-likeness (QED) is 0.625. The first kappa shape index (κ1) is 19.5. The van der Waals surface area contributed by atoms with Crippen LogP contribution in [0.5, 0.6) is 5.75 Å². The molecule has 2 aromatic rings. The van der Waals surface area contributed by atoms with Crippen LogP contribution < -0.4 is 9.46 Å². The fourth-order valence-electron chi connectivity index (χ4n) is 1.74. The van der Waals surface area contributed by atoms with Gasteiger partial charge in [0.15, 0.2) is 0 Å². The summed E-state index contributed by atoms with van der Waals surface area (Å²) in [5, 5.41) is 1.80. The minimum atomic E-state index is -3.75. The number of nitrogens with one attached hydrogen (secondary N) is 1. The SMILES string of the molecule is O=S(=O)(NCCSCc1cccs1)c1ccc(OC(F)F)c(Cl)c1. The van der Waals surface area contributed by atoms with Crippen LogP contribution in [0.3, 0.4) is 0 Å². The number of alkyl halides is 2. The van der Waals surface area contributed by atoms with Gasteiger partial charge >= 0.3 is 6.61 Å². The molecule has 0 radical (unpaired) electrons. The summed E-state index contributed by atoms with van der Waals surface area (Å²) in [6.45, 7) is -2.77. The first-order valence-electron chi connectivity index (χ1n) is 6.72. The molecule has 4 nitrogen and oxygen atoms in total. The normalized spacial score (nSPS) is 11.8. The Bertz CT molecular complexity index is 755. The largest absolute Gasteiger partial charge is 0.433 e. The van der Waals surface area contributed by atoms with E-state index in [2.05, 4.69) is 9.46 Å².